The van der Waals surface area contributed by atoms with E-state index in [-0.39, 0.29) is 11.9 Å². The van der Waals surface area contributed by atoms with Gasteiger partial charge in [0, 0.05) is 44.2 Å². The molecule has 1 aliphatic rings. The Morgan fingerprint density at radius 2 is 2.19 bits per heavy atom. The normalized spacial score (nSPS) is 19.0. The Morgan fingerprint density at radius 3 is 2.90 bits per heavy atom. The topological polar surface area (TPSA) is 46.5 Å². The quantitative estimate of drug-likeness (QED) is 0.913. The van der Waals surface area contributed by atoms with Crippen molar-refractivity contribution in [1.82, 2.24) is 14.8 Å². The molecule has 5 nitrogen and oxygen atoms in total. The minimum Gasteiger partial charge on any atom is -0.497 e. The summed E-state index contributed by atoms with van der Waals surface area (Å²) in [7, 11) is 3.58. The summed E-state index contributed by atoms with van der Waals surface area (Å²) in [5.74, 6) is 0.903. The van der Waals surface area contributed by atoms with Gasteiger partial charge in [-0.3, -0.25) is 4.79 Å². The Labute approximate surface area is 124 Å². The minimum absolute atomic E-state index is 0.0988. The number of hydrogen-bond acceptors (Lipinski definition) is 3. The number of hydrogen-bond donors (Lipinski definition) is 1. The van der Waals surface area contributed by atoms with Gasteiger partial charge in [0.15, 0.2) is 0 Å². The fourth-order valence-electron chi connectivity index (χ4n) is 2.93. The minimum atomic E-state index is 0.0988. The Morgan fingerprint density at radius 1 is 1.38 bits per heavy atom. The van der Waals surface area contributed by atoms with Crippen molar-refractivity contribution in [3.8, 4) is 5.75 Å². The highest BCUT2D eigenvalue weighted by Crippen LogP contribution is 2.25. The molecule has 1 atom stereocenters. The fraction of sp³-hybridized carbons (Fsp3) is 0.438. The van der Waals surface area contributed by atoms with E-state index in [2.05, 4.69) is 12.2 Å². The molecule has 1 saturated heterocycles. The average Bonchev–Trinajstić information content (AvgIpc) is 2.83. The Hall–Kier alpha value is -2.01. The maximum Gasteiger partial charge on any atom is 0.270 e. The van der Waals surface area contributed by atoms with E-state index in [1.54, 1.807) is 7.11 Å². The molecule has 0 saturated carbocycles. The number of carbonyl (C=O) groups is 1. The van der Waals surface area contributed by atoms with Crippen LogP contribution >= 0.6 is 0 Å². The van der Waals surface area contributed by atoms with Crippen molar-refractivity contribution in [1.29, 1.82) is 0 Å². The molecule has 1 N–H and O–H groups in total. The number of nitrogens with one attached hydrogen (secondary N) is 1. The third-order valence-electron chi connectivity index (χ3n) is 4.23. The van der Waals surface area contributed by atoms with E-state index in [1.165, 1.54) is 0 Å². The van der Waals surface area contributed by atoms with Crippen molar-refractivity contribution in [2.24, 2.45) is 7.05 Å². The summed E-state index contributed by atoms with van der Waals surface area (Å²) in [6.45, 7) is 4.54. The van der Waals surface area contributed by atoms with Crippen molar-refractivity contribution >= 4 is 16.8 Å². The lowest BCUT2D eigenvalue weighted by Gasteiger charge is -2.34. The number of aryl methyl sites for hydroxylation is 1. The summed E-state index contributed by atoms with van der Waals surface area (Å²) in [5.41, 5.74) is 1.74. The summed E-state index contributed by atoms with van der Waals surface area (Å²) < 4.78 is 7.22. The number of amides is 1. The maximum atomic E-state index is 12.8. The Bertz CT molecular complexity index is 677. The van der Waals surface area contributed by atoms with Crippen LogP contribution in [0.2, 0.25) is 0 Å². The lowest BCUT2D eigenvalue weighted by molar-refractivity contribution is 0.0646. The first-order chi connectivity index (χ1) is 10.1. The van der Waals surface area contributed by atoms with E-state index < -0.39 is 0 Å². The van der Waals surface area contributed by atoms with E-state index in [0.29, 0.717) is 0 Å². The number of piperazine rings is 1. The zero-order chi connectivity index (χ0) is 15.0. The second-order valence-electron chi connectivity index (χ2n) is 5.57. The summed E-state index contributed by atoms with van der Waals surface area (Å²) in [6, 6.07) is 8.06. The van der Waals surface area contributed by atoms with Crippen LogP contribution in [0.4, 0.5) is 0 Å². The molecule has 1 aliphatic heterocycles. The van der Waals surface area contributed by atoms with E-state index >= 15 is 0 Å². The van der Waals surface area contributed by atoms with Gasteiger partial charge < -0.3 is 19.5 Å². The molecule has 0 bridgehead atoms. The number of fused-ring (bicyclic) bond motifs is 1. The van der Waals surface area contributed by atoms with Crippen molar-refractivity contribution < 1.29 is 9.53 Å². The highest BCUT2D eigenvalue weighted by Gasteiger charge is 2.26. The molecule has 0 spiro atoms. The van der Waals surface area contributed by atoms with Crippen molar-refractivity contribution in [2.45, 2.75) is 13.0 Å². The monoisotopic (exact) mass is 287 g/mol. The molecular formula is C16H21N3O2. The smallest absolute Gasteiger partial charge is 0.270 e. The number of aromatic nitrogens is 1. The van der Waals surface area contributed by atoms with Gasteiger partial charge in [0.05, 0.1) is 12.6 Å². The van der Waals surface area contributed by atoms with Crippen LogP contribution < -0.4 is 10.1 Å². The largest absolute Gasteiger partial charge is 0.497 e. The van der Waals surface area contributed by atoms with Gasteiger partial charge in [0.2, 0.25) is 0 Å². The molecule has 0 radical (unpaired) electrons. The highest BCUT2D eigenvalue weighted by atomic mass is 16.5. The molecule has 1 aromatic carbocycles. The van der Waals surface area contributed by atoms with Gasteiger partial charge in [0.1, 0.15) is 11.4 Å². The predicted octanol–water partition coefficient (Wildman–Crippen LogP) is 1.62. The van der Waals surface area contributed by atoms with Crippen LogP contribution in [-0.2, 0) is 7.05 Å². The van der Waals surface area contributed by atoms with Crippen molar-refractivity contribution in [2.75, 3.05) is 26.7 Å². The molecule has 2 aromatic rings. The van der Waals surface area contributed by atoms with Crippen LogP contribution in [0.1, 0.15) is 17.4 Å². The van der Waals surface area contributed by atoms with Gasteiger partial charge >= 0.3 is 0 Å². The van der Waals surface area contributed by atoms with Gasteiger partial charge in [-0.25, -0.2) is 0 Å². The molecule has 21 heavy (non-hydrogen) atoms. The summed E-state index contributed by atoms with van der Waals surface area (Å²) >= 11 is 0. The Balaban J connectivity index is 2.00. The van der Waals surface area contributed by atoms with E-state index in [0.717, 1.165) is 42.0 Å². The zero-order valence-corrected chi connectivity index (χ0v) is 12.7. The number of ether oxygens (including phenoxy) is 1. The van der Waals surface area contributed by atoms with Crippen LogP contribution in [0.15, 0.2) is 24.3 Å². The van der Waals surface area contributed by atoms with Crippen LogP contribution in [0.25, 0.3) is 10.9 Å². The van der Waals surface area contributed by atoms with Crippen molar-refractivity contribution in [3.05, 3.63) is 30.0 Å². The number of rotatable bonds is 2. The van der Waals surface area contributed by atoms with Crippen LogP contribution in [0.5, 0.6) is 5.75 Å². The molecule has 0 unspecified atom stereocenters. The SMILES string of the molecule is COc1ccc2cc(C(=O)N3CCNC[C@H]3C)n(C)c2c1. The van der Waals surface area contributed by atoms with Crippen molar-refractivity contribution in [3.63, 3.8) is 0 Å². The first-order valence-corrected chi connectivity index (χ1v) is 7.27. The van der Waals surface area contributed by atoms with Gasteiger partial charge in [-0.15, -0.1) is 0 Å². The zero-order valence-electron chi connectivity index (χ0n) is 12.7. The van der Waals surface area contributed by atoms with E-state index in [4.69, 9.17) is 4.74 Å². The summed E-state index contributed by atoms with van der Waals surface area (Å²) in [4.78, 5) is 14.7. The molecule has 5 heteroatoms. The molecular weight excluding hydrogens is 266 g/mol. The lowest BCUT2D eigenvalue weighted by Crippen LogP contribution is -2.52. The fourth-order valence-corrected chi connectivity index (χ4v) is 2.93. The van der Waals surface area contributed by atoms with E-state index in [1.807, 2.05) is 40.8 Å². The predicted molar refractivity (Wildman–Crippen MR) is 82.8 cm³/mol. The molecule has 2 heterocycles. The van der Waals surface area contributed by atoms with Gasteiger partial charge in [0.25, 0.3) is 5.91 Å². The summed E-state index contributed by atoms with van der Waals surface area (Å²) in [5, 5.41) is 4.37. The molecule has 1 amide bonds. The standard InChI is InChI=1S/C16H21N3O2/c1-11-10-17-6-7-19(11)16(20)15-8-12-4-5-13(21-3)9-14(12)18(15)2/h4-5,8-9,11,17H,6-7,10H2,1-3H3/t11-/m1/s1. The maximum absolute atomic E-state index is 12.8. The van der Waals surface area contributed by atoms with E-state index in [9.17, 15) is 4.79 Å². The number of benzene rings is 1. The lowest BCUT2D eigenvalue weighted by atomic mass is 10.2. The number of methoxy groups -OCH3 is 1. The van der Waals surface area contributed by atoms with Gasteiger partial charge in [-0.1, -0.05) is 0 Å². The highest BCUT2D eigenvalue weighted by molar-refractivity contribution is 5.99. The van der Waals surface area contributed by atoms with Crippen LogP contribution in [-0.4, -0.2) is 48.2 Å². The first kappa shape index (κ1) is 13.9. The third kappa shape index (κ3) is 2.38. The second-order valence-corrected chi connectivity index (χ2v) is 5.57. The third-order valence-corrected chi connectivity index (χ3v) is 4.23. The summed E-state index contributed by atoms with van der Waals surface area (Å²) in [6.07, 6.45) is 0. The average molecular weight is 287 g/mol. The second kappa shape index (κ2) is 5.41. The van der Waals surface area contributed by atoms with Crippen LogP contribution in [0, 0.1) is 0 Å². The molecule has 112 valence electrons. The molecule has 3 rings (SSSR count). The molecule has 0 aliphatic carbocycles. The molecule has 1 aromatic heterocycles. The molecule has 1 fully saturated rings. The van der Waals surface area contributed by atoms with Gasteiger partial charge in [-0.05, 0) is 25.1 Å². The Kier molecular flexibility index (Phi) is 3.59. The first-order valence-electron chi connectivity index (χ1n) is 7.27. The van der Waals surface area contributed by atoms with Gasteiger partial charge in [-0.2, -0.15) is 0 Å². The number of carbonyl (C=O) groups excluding carboxylic acids is 1. The number of nitrogens with zero attached hydrogens (tertiary/aromatic N) is 2. The van der Waals surface area contributed by atoms with Crippen LogP contribution in [0.3, 0.4) is 0 Å².